The number of H-pyrrole nitrogens is 1. The maximum absolute atomic E-state index is 12.1. The average Bonchev–Trinajstić information content (AvgIpc) is 2.87. The van der Waals surface area contributed by atoms with E-state index in [1.807, 2.05) is 30.5 Å². The molecule has 1 aliphatic rings. The van der Waals surface area contributed by atoms with Gasteiger partial charge in [0.25, 0.3) is 0 Å². The highest BCUT2D eigenvalue weighted by molar-refractivity contribution is 5.96. The molecule has 1 aliphatic heterocycles. The van der Waals surface area contributed by atoms with Crippen molar-refractivity contribution in [2.24, 2.45) is 0 Å². The van der Waals surface area contributed by atoms with Gasteiger partial charge in [-0.05, 0) is 43.7 Å². The van der Waals surface area contributed by atoms with Crippen molar-refractivity contribution in [3.8, 4) is 0 Å². The number of nitrogens with one attached hydrogen (secondary N) is 3. The van der Waals surface area contributed by atoms with Crippen molar-refractivity contribution in [1.82, 2.24) is 10.3 Å². The van der Waals surface area contributed by atoms with Crippen LogP contribution < -0.4 is 10.6 Å². The van der Waals surface area contributed by atoms with E-state index in [1.54, 1.807) is 0 Å². The number of carbonyl (C=O) groups excluding carboxylic acids is 1. The summed E-state index contributed by atoms with van der Waals surface area (Å²) < 4.78 is 0. The predicted molar refractivity (Wildman–Crippen MR) is 79.8 cm³/mol. The van der Waals surface area contributed by atoms with Crippen LogP contribution in [-0.4, -0.2) is 23.5 Å². The predicted octanol–water partition coefficient (Wildman–Crippen LogP) is 2.67. The van der Waals surface area contributed by atoms with Crippen molar-refractivity contribution in [1.29, 1.82) is 0 Å². The summed E-state index contributed by atoms with van der Waals surface area (Å²) >= 11 is 0. The molecule has 0 saturated carbocycles. The first kappa shape index (κ1) is 13.9. The molecule has 0 aliphatic carbocycles. The Morgan fingerprint density at radius 3 is 2.95 bits per heavy atom. The first-order valence-electron chi connectivity index (χ1n) is 6.44. The molecule has 1 aromatic carbocycles. The van der Waals surface area contributed by atoms with Gasteiger partial charge in [0, 0.05) is 22.8 Å². The van der Waals surface area contributed by atoms with Gasteiger partial charge in [-0.15, -0.1) is 12.4 Å². The van der Waals surface area contributed by atoms with E-state index in [1.165, 1.54) is 6.42 Å². The van der Waals surface area contributed by atoms with Gasteiger partial charge in [0.1, 0.15) is 0 Å². The molecule has 0 unspecified atom stereocenters. The summed E-state index contributed by atoms with van der Waals surface area (Å²) in [5.74, 6) is 0.0737. The van der Waals surface area contributed by atoms with Gasteiger partial charge >= 0.3 is 0 Å². The first-order chi connectivity index (χ1) is 8.83. The van der Waals surface area contributed by atoms with Gasteiger partial charge in [0.05, 0.1) is 6.04 Å². The fourth-order valence-corrected chi connectivity index (χ4v) is 2.44. The first-order valence-corrected chi connectivity index (χ1v) is 6.44. The van der Waals surface area contributed by atoms with Gasteiger partial charge in [0.15, 0.2) is 0 Å². The minimum absolute atomic E-state index is 0. The average molecular weight is 280 g/mol. The number of fused-ring (bicyclic) bond motifs is 1. The number of aromatic amines is 1. The third-order valence-electron chi connectivity index (χ3n) is 3.45. The lowest BCUT2D eigenvalue weighted by atomic mass is 10.0. The monoisotopic (exact) mass is 279 g/mol. The van der Waals surface area contributed by atoms with Gasteiger partial charge < -0.3 is 15.6 Å². The highest BCUT2D eigenvalue weighted by Gasteiger charge is 2.20. The maximum Gasteiger partial charge on any atom is 0.241 e. The van der Waals surface area contributed by atoms with Gasteiger partial charge in [-0.1, -0.05) is 6.42 Å². The largest absolute Gasteiger partial charge is 0.361 e. The molecule has 3 rings (SSSR count). The summed E-state index contributed by atoms with van der Waals surface area (Å²) in [5, 5.41) is 7.35. The number of hydrogen-bond donors (Lipinski definition) is 3. The van der Waals surface area contributed by atoms with Crippen LogP contribution in [0.2, 0.25) is 0 Å². The lowest BCUT2D eigenvalue weighted by Gasteiger charge is -2.22. The van der Waals surface area contributed by atoms with E-state index in [-0.39, 0.29) is 24.4 Å². The van der Waals surface area contributed by atoms with Crippen LogP contribution in [0.4, 0.5) is 5.69 Å². The smallest absolute Gasteiger partial charge is 0.241 e. The van der Waals surface area contributed by atoms with E-state index in [2.05, 4.69) is 15.6 Å². The zero-order valence-corrected chi connectivity index (χ0v) is 11.4. The van der Waals surface area contributed by atoms with E-state index in [0.717, 1.165) is 36.0 Å². The molecule has 5 heteroatoms. The maximum atomic E-state index is 12.1. The van der Waals surface area contributed by atoms with Crippen LogP contribution >= 0.6 is 12.4 Å². The lowest BCUT2D eigenvalue weighted by Crippen LogP contribution is -2.43. The van der Waals surface area contributed by atoms with Crippen LogP contribution in [0.25, 0.3) is 10.9 Å². The molecule has 19 heavy (non-hydrogen) atoms. The second-order valence-electron chi connectivity index (χ2n) is 4.77. The molecule has 2 aromatic rings. The standard InChI is InChI=1S/C14H17N3O.ClH/c18-14(13-3-1-2-7-15-13)17-11-4-5-12-10(9-11)6-8-16-12;/h4-6,8-9,13,15-16H,1-3,7H2,(H,17,18);1H/t13-;/m0./s1. The summed E-state index contributed by atoms with van der Waals surface area (Å²) in [4.78, 5) is 15.2. The van der Waals surface area contributed by atoms with Crippen LogP contribution in [0.15, 0.2) is 30.5 Å². The normalized spacial score (nSPS) is 18.8. The molecule has 1 amide bonds. The molecule has 3 N–H and O–H groups in total. The number of amides is 1. The van der Waals surface area contributed by atoms with E-state index in [0.29, 0.717) is 0 Å². The molecule has 0 bridgehead atoms. The van der Waals surface area contributed by atoms with Crippen molar-refractivity contribution in [3.05, 3.63) is 30.5 Å². The summed E-state index contributed by atoms with van der Waals surface area (Å²) in [6, 6.07) is 7.87. The number of rotatable bonds is 2. The number of piperidine rings is 1. The molecule has 1 saturated heterocycles. The SMILES string of the molecule is Cl.O=C(Nc1ccc2[nH]ccc2c1)[C@@H]1CCCCN1. The zero-order valence-electron chi connectivity index (χ0n) is 10.6. The Morgan fingerprint density at radius 2 is 2.16 bits per heavy atom. The molecule has 0 spiro atoms. The molecular formula is C14H18ClN3O. The quantitative estimate of drug-likeness (QED) is 0.792. The third-order valence-corrected chi connectivity index (χ3v) is 3.45. The summed E-state index contributed by atoms with van der Waals surface area (Å²) in [5.41, 5.74) is 1.95. The number of carbonyl (C=O) groups is 1. The highest BCUT2D eigenvalue weighted by atomic mass is 35.5. The third kappa shape index (κ3) is 3.08. The van der Waals surface area contributed by atoms with Crippen LogP contribution in [0, 0.1) is 0 Å². The van der Waals surface area contributed by atoms with Gasteiger partial charge in [-0.2, -0.15) is 0 Å². The molecular weight excluding hydrogens is 262 g/mol. The second kappa shape index (κ2) is 6.08. The van der Waals surface area contributed by atoms with Gasteiger partial charge in [-0.3, -0.25) is 4.79 Å². The molecule has 4 nitrogen and oxygen atoms in total. The molecule has 102 valence electrons. The lowest BCUT2D eigenvalue weighted by molar-refractivity contribution is -0.118. The minimum Gasteiger partial charge on any atom is -0.361 e. The van der Waals surface area contributed by atoms with Crippen molar-refractivity contribution < 1.29 is 4.79 Å². The summed E-state index contributed by atoms with van der Waals surface area (Å²) in [6.45, 7) is 0.939. The molecule has 1 fully saturated rings. The number of aromatic nitrogens is 1. The Labute approximate surface area is 118 Å². The minimum atomic E-state index is -0.0410. The Bertz CT molecular complexity index is 561. The Hall–Kier alpha value is -1.52. The van der Waals surface area contributed by atoms with Crippen LogP contribution in [0.1, 0.15) is 19.3 Å². The number of halogens is 1. The number of benzene rings is 1. The summed E-state index contributed by atoms with van der Waals surface area (Å²) in [7, 11) is 0. The number of hydrogen-bond acceptors (Lipinski definition) is 2. The number of anilines is 1. The zero-order chi connectivity index (χ0) is 12.4. The van der Waals surface area contributed by atoms with E-state index in [9.17, 15) is 4.79 Å². The van der Waals surface area contributed by atoms with Gasteiger partial charge in [0.2, 0.25) is 5.91 Å². The van der Waals surface area contributed by atoms with Crippen molar-refractivity contribution in [2.75, 3.05) is 11.9 Å². The topological polar surface area (TPSA) is 56.9 Å². The van der Waals surface area contributed by atoms with Crippen LogP contribution in [0.3, 0.4) is 0 Å². The van der Waals surface area contributed by atoms with E-state index in [4.69, 9.17) is 0 Å². The molecule has 0 radical (unpaired) electrons. The van der Waals surface area contributed by atoms with Crippen molar-refractivity contribution >= 4 is 34.9 Å². The van der Waals surface area contributed by atoms with E-state index >= 15 is 0 Å². The Kier molecular flexibility index (Phi) is 4.45. The Balaban J connectivity index is 0.00000133. The summed E-state index contributed by atoms with van der Waals surface area (Å²) in [6.07, 6.45) is 5.12. The van der Waals surface area contributed by atoms with Crippen molar-refractivity contribution in [2.45, 2.75) is 25.3 Å². The highest BCUT2D eigenvalue weighted by Crippen LogP contribution is 2.18. The fraction of sp³-hybridized carbons (Fsp3) is 0.357. The van der Waals surface area contributed by atoms with E-state index < -0.39 is 0 Å². The van der Waals surface area contributed by atoms with Crippen LogP contribution in [0.5, 0.6) is 0 Å². The Morgan fingerprint density at radius 1 is 1.26 bits per heavy atom. The second-order valence-corrected chi connectivity index (χ2v) is 4.77. The van der Waals surface area contributed by atoms with Crippen molar-refractivity contribution in [3.63, 3.8) is 0 Å². The molecule has 1 atom stereocenters. The van der Waals surface area contributed by atoms with Crippen LogP contribution in [-0.2, 0) is 4.79 Å². The fourth-order valence-electron chi connectivity index (χ4n) is 2.44. The molecule has 1 aromatic heterocycles. The van der Waals surface area contributed by atoms with Gasteiger partial charge in [-0.25, -0.2) is 0 Å². The molecule has 2 heterocycles.